The van der Waals surface area contributed by atoms with Crippen LogP contribution >= 0.6 is 11.8 Å². The highest BCUT2D eigenvalue weighted by Crippen LogP contribution is 2.24. The summed E-state index contributed by atoms with van der Waals surface area (Å²) in [6, 6.07) is 12.4. The van der Waals surface area contributed by atoms with Crippen LogP contribution in [0.15, 0.2) is 35.5 Å². The maximum absolute atomic E-state index is 12.5. The van der Waals surface area contributed by atoms with E-state index < -0.39 is 5.54 Å². The van der Waals surface area contributed by atoms with Crippen LogP contribution in [0.1, 0.15) is 44.6 Å². The molecule has 0 aliphatic carbocycles. The molecule has 1 heterocycles. The summed E-state index contributed by atoms with van der Waals surface area (Å²) in [7, 11) is 0. The van der Waals surface area contributed by atoms with Gasteiger partial charge in [-0.25, -0.2) is 4.98 Å². The van der Waals surface area contributed by atoms with Crippen LogP contribution < -0.4 is 5.32 Å². The Labute approximate surface area is 159 Å². The highest BCUT2D eigenvalue weighted by atomic mass is 32.2. The number of carbonyl (C=O) groups excluding carboxylic acids is 1. The molecule has 2 N–H and O–H groups in total. The molecule has 0 saturated heterocycles. The smallest absolute Gasteiger partial charge is 0.234 e. The van der Waals surface area contributed by atoms with Crippen LogP contribution in [0, 0.1) is 24.2 Å². The molecule has 26 heavy (non-hydrogen) atoms. The largest absolute Gasteiger partial charge is 0.337 e. The molecule has 0 fully saturated rings. The number of hydrogen-bond donors (Lipinski definition) is 2. The molecule has 0 unspecified atom stereocenters. The number of amides is 1. The van der Waals surface area contributed by atoms with E-state index in [2.05, 4.69) is 33.5 Å². The van der Waals surface area contributed by atoms with Gasteiger partial charge in [-0.15, -0.1) is 0 Å². The van der Waals surface area contributed by atoms with Crippen molar-refractivity contribution in [2.75, 3.05) is 0 Å². The predicted octanol–water partition coefficient (Wildman–Crippen LogP) is 3.84. The van der Waals surface area contributed by atoms with E-state index in [4.69, 9.17) is 0 Å². The van der Waals surface area contributed by atoms with Crippen molar-refractivity contribution in [1.29, 1.82) is 5.26 Å². The molecular formula is C20H26N4OS. The number of thioether (sulfide) groups is 1. The molecular weight excluding hydrogens is 344 g/mol. The zero-order valence-corrected chi connectivity index (χ0v) is 16.8. The van der Waals surface area contributed by atoms with E-state index in [1.54, 1.807) is 6.92 Å². The quantitative estimate of drug-likeness (QED) is 0.726. The van der Waals surface area contributed by atoms with Gasteiger partial charge in [-0.2, -0.15) is 5.26 Å². The third-order valence-electron chi connectivity index (χ3n) is 4.61. The topological polar surface area (TPSA) is 81.6 Å². The Bertz CT molecular complexity index is 794. The standard InChI is InChI=1S/C20H26N4OS/c1-13(2)20(5,12-21)24-18(25)15(4)26-19-22-14(3)17(23-19)11-16-9-7-6-8-10-16/h6-10,13,15H,11H2,1-5H3,(H,22,23)(H,24,25)/t15-,20-/m0/s1. The van der Waals surface area contributed by atoms with E-state index in [-0.39, 0.29) is 17.1 Å². The van der Waals surface area contributed by atoms with Crippen LogP contribution in [0.3, 0.4) is 0 Å². The van der Waals surface area contributed by atoms with Crippen LogP contribution in [-0.2, 0) is 11.2 Å². The second kappa shape index (κ2) is 8.41. The third kappa shape index (κ3) is 4.89. The Morgan fingerprint density at radius 3 is 2.58 bits per heavy atom. The highest BCUT2D eigenvalue weighted by molar-refractivity contribution is 8.00. The number of rotatable bonds is 7. The third-order valence-corrected chi connectivity index (χ3v) is 5.59. The van der Waals surface area contributed by atoms with Crippen LogP contribution in [0.25, 0.3) is 0 Å². The van der Waals surface area contributed by atoms with Crippen LogP contribution in [0.2, 0.25) is 0 Å². The Morgan fingerprint density at radius 2 is 2.00 bits per heavy atom. The molecule has 2 rings (SSSR count). The van der Waals surface area contributed by atoms with Gasteiger partial charge < -0.3 is 10.3 Å². The fraction of sp³-hybridized carbons (Fsp3) is 0.450. The fourth-order valence-electron chi connectivity index (χ4n) is 2.36. The number of hydrogen-bond acceptors (Lipinski definition) is 4. The van der Waals surface area contributed by atoms with Gasteiger partial charge in [0.05, 0.1) is 17.0 Å². The first-order chi connectivity index (χ1) is 12.2. The summed E-state index contributed by atoms with van der Waals surface area (Å²) < 4.78 is 0. The van der Waals surface area contributed by atoms with Gasteiger partial charge in [0.25, 0.3) is 0 Å². The molecule has 0 aliphatic rings. The fourth-order valence-corrected chi connectivity index (χ4v) is 3.24. The lowest BCUT2D eigenvalue weighted by Crippen LogP contribution is -2.51. The minimum Gasteiger partial charge on any atom is -0.337 e. The van der Waals surface area contributed by atoms with Gasteiger partial charge in [0.1, 0.15) is 5.54 Å². The summed E-state index contributed by atoms with van der Waals surface area (Å²) in [5.41, 5.74) is 2.32. The number of nitriles is 1. The van der Waals surface area contributed by atoms with E-state index in [0.717, 1.165) is 23.0 Å². The van der Waals surface area contributed by atoms with Crippen molar-refractivity contribution in [1.82, 2.24) is 15.3 Å². The summed E-state index contributed by atoms with van der Waals surface area (Å²) in [4.78, 5) is 20.4. The molecule has 138 valence electrons. The van der Waals surface area contributed by atoms with Gasteiger partial charge in [0.15, 0.2) is 5.16 Å². The summed E-state index contributed by atoms with van der Waals surface area (Å²) in [5.74, 6) is -0.136. The first-order valence-electron chi connectivity index (χ1n) is 8.74. The van der Waals surface area contributed by atoms with E-state index in [1.165, 1.54) is 17.3 Å². The normalized spacial score (nSPS) is 14.5. The Balaban J connectivity index is 2.03. The van der Waals surface area contributed by atoms with Crippen molar-refractivity contribution in [3.8, 4) is 6.07 Å². The van der Waals surface area contributed by atoms with Crippen molar-refractivity contribution in [3.05, 3.63) is 47.3 Å². The Hall–Kier alpha value is -2.26. The molecule has 1 amide bonds. The summed E-state index contributed by atoms with van der Waals surface area (Å²) in [5, 5.41) is 12.6. The Kier molecular flexibility index (Phi) is 6.49. The summed E-state index contributed by atoms with van der Waals surface area (Å²) in [6.45, 7) is 9.42. The number of carbonyl (C=O) groups is 1. The molecule has 0 saturated carbocycles. The second-order valence-electron chi connectivity index (χ2n) is 6.99. The average Bonchev–Trinajstić information content (AvgIpc) is 2.94. The molecule has 2 atom stereocenters. The van der Waals surface area contributed by atoms with E-state index in [1.807, 2.05) is 45.9 Å². The molecule has 2 aromatic rings. The number of nitrogens with one attached hydrogen (secondary N) is 2. The summed E-state index contributed by atoms with van der Waals surface area (Å²) >= 11 is 1.37. The van der Waals surface area contributed by atoms with Crippen molar-refractivity contribution in [3.63, 3.8) is 0 Å². The maximum atomic E-state index is 12.5. The minimum absolute atomic E-state index is 0.0250. The van der Waals surface area contributed by atoms with E-state index >= 15 is 0 Å². The lowest BCUT2D eigenvalue weighted by molar-refractivity contribution is -0.121. The van der Waals surface area contributed by atoms with Crippen molar-refractivity contribution < 1.29 is 4.79 Å². The van der Waals surface area contributed by atoms with Gasteiger partial charge in [-0.1, -0.05) is 55.9 Å². The van der Waals surface area contributed by atoms with Crippen LogP contribution in [-0.4, -0.2) is 26.7 Å². The Morgan fingerprint density at radius 1 is 1.35 bits per heavy atom. The SMILES string of the molecule is Cc1[nH]c(S[C@@H](C)C(=O)N[C@@](C)(C#N)C(C)C)nc1Cc1ccccc1. The van der Waals surface area contributed by atoms with Gasteiger partial charge in [-0.05, 0) is 32.3 Å². The van der Waals surface area contributed by atoms with Gasteiger partial charge >= 0.3 is 0 Å². The van der Waals surface area contributed by atoms with Crippen molar-refractivity contribution in [2.24, 2.45) is 5.92 Å². The molecule has 0 spiro atoms. The second-order valence-corrected chi connectivity index (χ2v) is 8.32. The first-order valence-corrected chi connectivity index (χ1v) is 9.62. The predicted molar refractivity (Wildman–Crippen MR) is 105 cm³/mol. The van der Waals surface area contributed by atoms with E-state index in [0.29, 0.717) is 0 Å². The van der Waals surface area contributed by atoms with E-state index in [9.17, 15) is 10.1 Å². The average molecular weight is 371 g/mol. The van der Waals surface area contributed by atoms with Crippen LogP contribution in [0.5, 0.6) is 0 Å². The highest BCUT2D eigenvalue weighted by Gasteiger charge is 2.32. The number of aryl methyl sites for hydroxylation is 1. The van der Waals surface area contributed by atoms with Crippen molar-refractivity contribution >= 4 is 17.7 Å². The zero-order valence-electron chi connectivity index (χ0n) is 16.0. The van der Waals surface area contributed by atoms with Gasteiger partial charge in [0.2, 0.25) is 5.91 Å². The number of H-pyrrole nitrogens is 1. The lowest BCUT2D eigenvalue weighted by atomic mass is 9.90. The monoisotopic (exact) mass is 370 g/mol. The molecule has 6 heteroatoms. The molecule has 1 aromatic heterocycles. The molecule has 1 aromatic carbocycles. The minimum atomic E-state index is -0.872. The number of aromatic nitrogens is 2. The first kappa shape index (κ1) is 20.1. The number of nitrogens with zero attached hydrogens (tertiary/aromatic N) is 2. The number of aromatic amines is 1. The number of benzene rings is 1. The summed E-state index contributed by atoms with van der Waals surface area (Å²) in [6.07, 6.45) is 0.754. The molecule has 5 nitrogen and oxygen atoms in total. The molecule has 0 aliphatic heterocycles. The lowest BCUT2D eigenvalue weighted by Gasteiger charge is -2.28. The van der Waals surface area contributed by atoms with Gasteiger partial charge in [0, 0.05) is 12.1 Å². The molecule has 0 bridgehead atoms. The maximum Gasteiger partial charge on any atom is 0.234 e. The molecule has 0 radical (unpaired) electrons. The van der Waals surface area contributed by atoms with Crippen molar-refractivity contribution in [2.45, 2.75) is 57.0 Å². The van der Waals surface area contributed by atoms with Gasteiger partial charge in [-0.3, -0.25) is 4.79 Å². The number of imidazole rings is 1. The zero-order chi connectivity index (χ0) is 19.3. The van der Waals surface area contributed by atoms with Crippen LogP contribution in [0.4, 0.5) is 0 Å².